The monoisotopic (exact) mass is 393 g/mol. The van der Waals surface area contributed by atoms with E-state index in [1.807, 2.05) is 13.0 Å². The fraction of sp³-hybridized carbons (Fsp3) is 0.0952. The van der Waals surface area contributed by atoms with Crippen molar-refractivity contribution in [2.24, 2.45) is 0 Å². The maximum Gasteiger partial charge on any atom is 0.339 e. The molecule has 0 bridgehead atoms. The lowest BCUT2D eigenvalue weighted by Crippen LogP contribution is -2.06. The number of hydrogen-bond acceptors (Lipinski definition) is 6. The summed E-state index contributed by atoms with van der Waals surface area (Å²) in [6, 6.07) is 13.4. The van der Waals surface area contributed by atoms with Gasteiger partial charge in [0.25, 0.3) is 0 Å². The van der Waals surface area contributed by atoms with Crippen LogP contribution in [-0.2, 0) is 4.74 Å². The SMILES string of the molecule is COC(=O)c1ccccc1Nc1ncnc2sc(C)c(-c3ccc(F)cc3)c12. The van der Waals surface area contributed by atoms with E-state index in [1.165, 1.54) is 25.6 Å². The van der Waals surface area contributed by atoms with Gasteiger partial charge < -0.3 is 10.1 Å². The normalized spacial score (nSPS) is 10.8. The van der Waals surface area contributed by atoms with Gasteiger partial charge in [-0.3, -0.25) is 0 Å². The zero-order valence-corrected chi connectivity index (χ0v) is 16.0. The fourth-order valence-electron chi connectivity index (χ4n) is 3.11. The van der Waals surface area contributed by atoms with Gasteiger partial charge in [0.05, 0.1) is 23.7 Å². The molecule has 0 aliphatic rings. The van der Waals surface area contributed by atoms with Crippen LogP contribution in [-0.4, -0.2) is 23.0 Å². The van der Waals surface area contributed by atoms with E-state index in [0.717, 1.165) is 26.2 Å². The summed E-state index contributed by atoms with van der Waals surface area (Å²) >= 11 is 1.54. The number of rotatable bonds is 4. The Bertz CT molecular complexity index is 1170. The number of nitrogens with zero attached hydrogens (tertiary/aromatic N) is 2. The third kappa shape index (κ3) is 3.20. The van der Waals surface area contributed by atoms with Crippen molar-refractivity contribution in [2.45, 2.75) is 6.92 Å². The predicted octanol–water partition coefficient (Wildman–Crippen LogP) is 5.34. The number of carbonyl (C=O) groups is 1. The molecule has 0 saturated heterocycles. The standard InChI is InChI=1S/C21H16FN3O2S/c1-12-17(13-7-9-14(22)10-8-13)18-19(23-11-24-20(18)28-12)25-16-6-4-3-5-15(16)21(26)27-2/h3-11H,1-2H3,(H,23,24,25). The topological polar surface area (TPSA) is 64.1 Å². The number of ether oxygens (including phenoxy) is 1. The average Bonchev–Trinajstić information content (AvgIpc) is 3.05. The molecular formula is C21H16FN3O2S. The number of carbonyl (C=O) groups excluding carboxylic acids is 1. The molecular weight excluding hydrogens is 377 g/mol. The third-order valence-electron chi connectivity index (χ3n) is 4.38. The summed E-state index contributed by atoms with van der Waals surface area (Å²) in [5.41, 5.74) is 2.82. The smallest absolute Gasteiger partial charge is 0.339 e. The van der Waals surface area contributed by atoms with Crippen molar-refractivity contribution in [2.75, 3.05) is 12.4 Å². The Morgan fingerprint density at radius 2 is 1.86 bits per heavy atom. The maximum absolute atomic E-state index is 13.4. The van der Waals surface area contributed by atoms with Gasteiger partial charge in [0.1, 0.15) is 22.8 Å². The molecule has 28 heavy (non-hydrogen) atoms. The summed E-state index contributed by atoms with van der Waals surface area (Å²) in [4.78, 5) is 22.7. The van der Waals surface area contributed by atoms with Gasteiger partial charge in [-0.05, 0) is 36.8 Å². The van der Waals surface area contributed by atoms with Gasteiger partial charge in [-0.1, -0.05) is 24.3 Å². The molecule has 0 amide bonds. The van der Waals surface area contributed by atoms with E-state index >= 15 is 0 Å². The Morgan fingerprint density at radius 1 is 1.11 bits per heavy atom. The number of fused-ring (bicyclic) bond motifs is 1. The van der Waals surface area contributed by atoms with Crippen LogP contribution in [0.1, 0.15) is 15.2 Å². The Balaban J connectivity index is 1.88. The van der Waals surface area contributed by atoms with Gasteiger partial charge in [-0.25, -0.2) is 19.2 Å². The van der Waals surface area contributed by atoms with Crippen LogP contribution >= 0.6 is 11.3 Å². The lowest BCUT2D eigenvalue weighted by molar-refractivity contribution is 0.0602. The molecule has 7 heteroatoms. The molecule has 140 valence electrons. The second-order valence-electron chi connectivity index (χ2n) is 6.10. The van der Waals surface area contributed by atoms with E-state index in [0.29, 0.717) is 17.1 Å². The first-order valence-electron chi connectivity index (χ1n) is 8.53. The van der Waals surface area contributed by atoms with E-state index < -0.39 is 5.97 Å². The number of para-hydroxylation sites is 1. The van der Waals surface area contributed by atoms with Crippen LogP contribution in [0.25, 0.3) is 21.3 Å². The van der Waals surface area contributed by atoms with E-state index in [1.54, 1.807) is 41.7 Å². The quantitative estimate of drug-likeness (QED) is 0.475. The molecule has 1 N–H and O–H groups in total. The number of halogens is 1. The molecule has 5 nitrogen and oxygen atoms in total. The second kappa shape index (κ2) is 7.36. The van der Waals surface area contributed by atoms with Crippen LogP contribution < -0.4 is 5.32 Å². The molecule has 4 aromatic rings. The highest BCUT2D eigenvalue weighted by Crippen LogP contribution is 2.41. The summed E-state index contributed by atoms with van der Waals surface area (Å²) in [6.45, 7) is 2.00. The largest absolute Gasteiger partial charge is 0.465 e. The van der Waals surface area contributed by atoms with Crippen molar-refractivity contribution in [1.82, 2.24) is 9.97 Å². The zero-order chi connectivity index (χ0) is 19.7. The molecule has 2 aromatic heterocycles. The van der Waals surface area contributed by atoms with Crippen LogP contribution in [0.2, 0.25) is 0 Å². The number of aromatic nitrogens is 2. The van der Waals surface area contributed by atoms with Gasteiger partial charge in [0.2, 0.25) is 0 Å². The summed E-state index contributed by atoms with van der Waals surface area (Å²) < 4.78 is 18.3. The Kier molecular flexibility index (Phi) is 4.75. The highest BCUT2D eigenvalue weighted by atomic mass is 32.1. The number of hydrogen-bond donors (Lipinski definition) is 1. The minimum Gasteiger partial charge on any atom is -0.465 e. The minimum absolute atomic E-state index is 0.289. The Labute approximate surface area is 164 Å². The number of nitrogens with one attached hydrogen (secondary N) is 1. The van der Waals surface area contributed by atoms with Crippen LogP contribution in [0.4, 0.5) is 15.9 Å². The average molecular weight is 393 g/mol. The van der Waals surface area contributed by atoms with Crippen LogP contribution in [0.5, 0.6) is 0 Å². The molecule has 0 fully saturated rings. The molecule has 2 heterocycles. The van der Waals surface area contributed by atoms with E-state index in [2.05, 4.69) is 15.3 Å². The van der Waals surface area contributed by atoms with Gasteiger partial charge in [0.15, 0.2) is 0 Å². The van der Waals surface area contributed by atoms with Gasteiger partial charge in [-0.2, -0.15) is 0 Å². The molecule has 0 aliphatic heterocycles. The van der Waals surface area contributed by atoms with Crippen molar-refractivity contribution in [3.63, 3.8) is 0 Å². The van der Waals surface area contributed by atoms with Crippen molar-refractivity contribution < 1.29 is 13.9 Å². The summed E-state index contributed by atoms with van der Waals surface area (Å²) in [6.07, 6.45) is 1.48. The van der Waals surface area contributed by atoms with Crippen molar-refractivity contribution in [1.29, 1.82) is 0 Å². The highest BCUT2D eigenvalue weighted by Gasteiger charge is 2.19. The van der Waals surface area contributed by atoms with Gasteiger partial charge in [-0.15, -0.1) is 11.3 Å². The molecule has 4 rings (SSSR count). The minimum atomic E-state index is -0.436. The second-order valence-corrected chi connectivity index (χ2v) is 7.31. The zero-order valence-electron chi connectivity index (χ0n) is 15.2. The predicted molar refractivity (Wildman–Crippen MR) is 109 cm³/mol. The van der Waals surface area contributed by atoms with Crippen LogP contribution in [0.15, 0.2) is 54.9 Å². The fourth-order valence-corrected chi connectivity index (χ4v) is 4.12. The molecule has 0 saturated carbocycles. The first-order valence-corrected chi connectivity index (χ1v) is 9.34. The first-order chi connectivity index (χ1) is 13.6. The number of esters is 1. The highest BCUT2D eigenvalue weighted by molar-refractivity contribution is 7.19. The summed E-state index contributed by atoms with van der Waals surface area (Å²) in [7, 11) is 1.34. The molecule has 0 aliphatic carbocycles. The van der Waals surface area contributed by atoms with Crippen molar-refractivity contribution in [3.05, 3.63) is 71.1 Å². The molecule has 2 aromatic carbocycles. The van der Waals surface area contributed by atoms with Crippen LogP contribution in [0, 0.1) is 12.7 Å². The molecule has 0 atom stereocenters. The van der Waals surface area contributed by atoms with Gasteiger partial charge >= 0.3 is 5.97 Å². The summed E-state index contributed by atoms with van der Waals surface area (Å²) in [5, 5.41) is 4.08. The van der Waals surface area contributed by atoms with E-state index in [4.69, 9.17) is 4.74 Å². The number of methoxy groups -OCH3 is 1. The number of anilines is 2. The molecule has 0 unspecified atom stereocenters. The Morgan fingerprint density at radius 3 is 2.61 bits per heavy atom. The van der Waals surface area contributed by atoms with Crippen molar-refractivity contribution in [3.8, 4) is 11.1 Å². The number of thiophene rings is 1. The third-order valence-corrected chi connectivity index (χ3v) is 5.40. The number of aryl methyl sites for hydroxylation is 1. The summed E-state index contributed by atoms with van der Waals surface area (Å²) in [5.74, 6) is -0.152. The number of benzene rings is 2. The molecule has 0 radical (unpaired) electrons. The lowest BCUT2D eigenvalue weighted by Gasteiger charge is -2.12. The van der Waals surface area contributed by atoms with Crippen LogP contribution in [0.3, 0.4) is 0 Å². The van der Waals surface area contributed by atoms with Gasteiger partial charge in [0, 0.05) is 10.4 Å². The maximum atomic E-state index is 13.4. The molecule has 0 spiro atoms. The Hall–Kier alpha value is -3.32. The van der Waals surface area contributed by atoms with E-state index in [9.17, 15) is 9.18 Å². The first kappa shape index (κ1) is 18.1. The van der Waals surface area contributed by atoms with E-state index in [-0.39, 0.29) is 5.82 Å². The lowest BCUT2D eigenvalue weighted by atomic mass is 10.0. The van der Waals surface area contributed by atoms with Crippen molar-refractivity contribution >= 4 is 39.0 Å².